The summed E-state index contributed by atoms with van der Waals surface area (Å²) in [7, 11) is 0. The van der Waals surface area contributed by atoms with Crippen molar-refractivity contribution in [2.45, 2.75) is 0 Å². The molecular weight excluding hydrogens is 180 g/mol. The van der Waals surface area contributed by atoms with Gasteiger partial charge in [0.25, 0.3) is 0 Å². The van der Waals surface area contributed by atoms with Crippen molar-refractivity contribution in [1.29, 1.82) is 0 Å². The Morgan fingerprint density at radius 2 is 1.50 bits per heavy atom. The van der Waals surface area contributed by atoms with Crippen LogP contribution in [0.3, 0.4) is 0 Å². The number of cyclic esters (lactones) is 2. The first-order chi connectivity index (χ1) is 6.77. The number of rotatable bonds is 0. The molecule has 4 aliphatic carbocycles. The third kappa shape index (κ3) is 0.586. The van der Waals surface area contributed by atoms with Crippen molar-refractivity contribution in [3.63, 3.8) is 0 Å². The molecule has 5 aliphatic rings. The van der Waals surface area contributed by atoms with E-state index in [2.05, 4.69) is 18.6 Å². The van der Waals surface area contributed by atoms with E-state index in [-0.39, 0.29) is 35.6 Å². The molecule has 3 heteroatoms. The van der Waals surface area contributed by atoms with Gasteiger partial charge in [-0.3, -0.25) is 9.59 Å². The van der Waals surface area contributed by atoms with E-state index in [4.69, 9.17) is 4.74 Å². The Morgan fingerprint density at radius 3 is 2.00 bits per heavy atom. The highest BCUT2D eigenvalue weighted by atomic mass is 16.6. The molecule has 1 aliphatic heterocycles. The molecule has 0 N–H and O–H groups in total. The van der Waals surface area contributed by atoms with E-state index >= 15 is 0 Å². The first-order valence-electron chi connectivity index (χ1n) is 5.06. The highest BCUT2D eigenvalue weighted by Gasteiger charge is 2.73. The molecule has 14 heavy (non-hydrogen) atoms. The van der Waals surface area contributed by atoms with Crippen LogP contribution in [0.5, 0.6) is 0 Å². The minimum Gasteiger partial charge on any atom is -0.393 e. The largest absolute Gasteiger partial charge is 0.393 e. The fraction of sp³-hybridized carbons (Fsp3) is 0.545. The predicted molar refractivity (Wildman–Crippen MR) is 45.5 cm³/mol. The third-order valence-electron chi connectivity index (χ3n) is 4.15. The molecule has 0 radical (unpaired) electrons. The molecule has 6 atom stereocenters. The van der Waals surface area contributed by atoms with Crippen LogP contribution in [-0.4, -0.2) is 11.9 Å². The van der Waals surface area contributed by atoms with E-state index in [0.717, 1.165) is 0 Å². The van der Waals surface area contributed by atoms with Crippen LogP contribution in [0.15, 0.2) is 12.2 Å². The summed E-state index contributed by atoms with van der Waals surface area (Å²) < 4.78 is 4.73. The second-order valence-corrected chi connectivity index (χ2v) is 4.68. The summed E-state index contributed by atoms with van der Waals surface area (Å²) in [6, 6.07) is 0. The number of hydrogen-bond acceptors (Lipinski definition) is 3. The predicted octanol–water partition coefficient (Wildman–Crippen LogP) is 0.568. The molecule has 2 saturated carbocycles. The van der Waals surface area contributed by atoms with Crippen LogP contribution in [0.2, 0.25) is 0 Å². The number of allylic oxidation sites excluding steroid dienone is 2. The van der Waals surface area contributed by atoms with Crippen molar-refractivity contribution in [3.05, 3.63) is 18.6 Å². The summed E-state index contributed by atoms with van der Waals surface area (Å²) in [5.74, 6) is 0.656. The number of carbonyl (C=O) groups is 2. The van der Waals surface area contributed by atoms with Crippen LogP contribution in [0.1, 0.15) is 0 Å². The minimum absolute atomic E-state index is 0.169. The highest BCUT2D eigenvalue weighted by molar-refractivity contribution is 5.98. The van der Waals surface area contributed by atoms with Gasteiger partial charge in [-0.15, -0.1) is 0 Å². The second kappa shape index (κ2) is 1.90. The third-order valence-corrected chi connectivity index (χ3v) is 4.15. The fourth-order valence-corrected chi connectivity index (χ4v) is 3.52. The normalized spacial score (nSPS) is 56.3. The Morgan fingerprint density at radius 1 is 1.00 bits per heavy atom. The Bertz CT molecular complexity index is 350. The average molecular weight is 189 g/mol. The van der Waals surface area contributed by atoms with Gasteiger partial charge in [-0.1, -0.05) is 12.2 Å². The molecule has 0 aromatic rings. The molecular formula is C11H9O3+. The van der Waals surface area contributed by atoms with E-state index in [1.807, 2.05) is 0 Å². The smallest absolute Gasteiger partial charge is 0.318 e. The molecule has 0 aromatic heterocycles. The first kappa shape index (κ1) is 7.10. The van der Waals surface area contributed by atoms with E-state index in [1.54, 1.807) is 0 Å². The molecule has 0 unspecified atom stereocenters. The Labute approximate surface area is 81.1 Å². The quantitative estimate of drug-likeness (QED) is 0.242. The lowest BCUT2D eigenvalue weighted by atomic mass is 9.63. The maximum absolute atomic E-state index is 11.5. The van der Waals surface area contributed by atoms with Crippen LogP contribution < -0.4 is 0 Å². The lowest BCUT2D eigenvalue weighted by Crippen LogP contribution is -2.40. The van der Waals surface area contributed by atoms with Gasteiger partial charge >= 0.3 is 11.9 Å². The van der Waals surface area contributed by atoms with E-state index in [9.17, 15) is 9.59 Å². The molecule has 3 nitrogen and oxygen atoms in total. The summed E-state index contributed by atoms with van der Waals surface area (Å²) >= 11 is 0. The maximum Gasteiger partial charge on any atom is 0.318 e. The van der Waals surface area contributed by atoms with Gasteiger partial charge in [0, 0.05) is 11.8 Å². The van der Waals surface area contributed by atoms with Crippen molar-refractivity contribution < 1.29 is 14.3 Å². The topological polar surface area (TPSA) is 43.4 Å². The second-order valence-electron chi connectivity index (χ2n) is 4.68. The van der Waals surface area contributed by atoms with Crippen molar-refractivity contribution in [3.8, 4) is 0 Å². The fourth-order valence-electron chi connectivity index (χ4n) is 3.52. The Hall–Kier alpha value is -1.25. The number of hydrogen-bond donors (Lipinski definition) is 0. The van der Waals surface area contributed by atoms with Gasteiger partial charge in [-0.05, 0) is 0 Å². The van der Waals surface area contributed by atoms with E-state index < -0.39 is 0 Å². The lowest BCUT2D eigenvalue weighted by Gasteiger charge is -2.32. The average Bonchev–Trinajstić information content (AvgIpc) is 2.92. The highest BCUT2D eigenvalue weighted by Crippen LogP contribution is 2.64. The summed E-state index contributed by atoms with van der Waals surface area (Å²) in [4.78, 5) is 23.0. The van der Waals surface area contributed by atoms with Crippen LogP contribution in [0.4, 0.5) is 0 Å². The number of ether oxygens (including phenoxy) is 1. The van der Waals surface area contributed by atoms with Gasteiger partial charge in [0.2, 0.25) is 0 Å². The first-order valence-corrected chi connectivity index (χ1v) is 5.06. The molecule has 2 bridgehead atoms. The van der Waals surface area contributed by atoms with Gasteiger partial charge in [0.05, 0.1) is 18.3 Å². The van der Waals surface area contributed by atoms with E-state index in [1.165, 1.54) is 0 Å². The monoisotopic (exact) mass is 189 g/mol. The van der Waals surface area contributed by atoms with Crippen LogP contribution >= 0.6 is 0 Å². The van der Waals surface area contributed by atoms with Gasteiger partial charge in [0.15, 0.2) is 0 Å². The lowest BCUT2D eigenvalue weighted by molar-refractivity contribution is -0.154. The van der Waals surface area contributed by atoms with Crippen LogP contribution in [0, 0.1) is 41.9 Å². The Balaban J connectivity index is 1.88. The SMILES string of the molecule is O=C1OC(=O)[C@H]2[C@@H]3C=C[C@@H]([C@H]4[CH+][C@@H]34)[C@@H]12. The van der Waals surface area contributed by atoms with Crippen molar-refractivity contribution in [2.75, 3.05) is 0 Å². The van der Waals surface area contributed by atoms with Gasteiger partial charge < -0.3 is 4.74 Å². The van der Waals surface area contributed by atoms with Gasteiger partial charge in [-0.25, -0.2) is 0 Å². The zero-order chi connectivity index (χ0) is 9.45. The van der Waals surface area contributed by atoms with Gasteiger partial charge in [-0.2, -0.15) is 0 Å². The molecule has 3 fully saturated rings. The molecule has 5 rings (SSSR count). The molecule has 1 saturated heterocycles. The Kier molecular flexibility index (Phi) is 0.962. The summed E-state index contributed by atoms with van der Waals surface area (Å²) in [6.45, 7) is 0. The van der Waals surface area contributed by atoms with E-state index in [0.29, 0.717) is 11.8 Å². The number of carbonyl (C=O) groups excluding carboxylic acids is 2. The van der Waals surface area contributed by atoms with Crippen LogP contribution in [0.25, 0.3) is 0 Å². The molecule has 0 aromatic carbocycles. The number of esters is 2. The van der Waals surface area contributed by atoms with Crippen molar-refractivity contribution in [2.24, 2.45) is 35.5 Å². The molecule has 0 spiro atoms. The zero-order valence-corrected chi connectivity index (χ0v) is 7.42. The minimum atomic E-state index is -0.293. The standard InChI is InChI=1S/C11H9O3/c12-10-8-4-1-2-5(7-3-6(4)7)9(8)11(13)14-10/h1-9H/q+1/t4-,5+,6+,7-,8+,9-. The maximum atomic E-state index is 11.5. The van der Waals surface area contributed by atoms with Crippen LogP contribution in [-0.2, 0) is 14.3 Å². The summed E-state index contributed by atoms with van der Waals surface area (Å²) in [6.07, 6.45) is 6.49. The molecule has 70 valence electrons. The molecule has 1 heterocycles. The summed E-state index contributed by atoms with van der Waals surface area (Å²) in [5, 5.41) is 0. The van der Waals surface area contributed by atoms with Crippen molar-refractivity contribution in [1.82, 2.24) is 0 Å². The summed E-state index contributed by atoms with van der Waals surface area (Å²) in [5.41, 5.74) is 0. The van der Waals surface area contributed by atoms with Gasteiger partial charge in [0.1, 0.15) is 11.8 Å². The zero-order valence-electron chi connectivity index (χ0n) is 7.42. The van der Waals surface area contributed by atoms with Crippen molar-refractivity contribution >= 4 is 11.9 Å². The molecule has 0 amide bonds.